The van der Waals surface area contributed by atoms with Gasteiger partial charge in [0.1, 0.15) is 11.6 Å². The van der Waals surface area contributed by atoms with Crippen LogP contribution in [0.4, 0.5) is 4.39 Å². The molecule has 0 spiro atoms. The second-order valence-corrected chi connectivity index (χ2v) is 7.07. The zero-order valence-corrected chi connectivity index (χ0v) is 15.3. The molecule has 1 saturated carbocycles. The van der Waals surface area contributed by atoms with Crippen molar-refractivity contribution in [3.8, 4) is 0 Å². The summed E-state index contributed by atoms with van der Waals surface area (Å²) in [5.74, 6) is 0.460. The van der Waals surface area contributed by atoms with Gasteiger partial charge in [-0.05, 0) is 55.2 Å². The van der Waals surface area contributed by atoms with Crippen LogP contribution in [0.3, 0.4) is 0 Å². The van der Waals surface area contributed by atoms with Crippen LogP contribution in [0.15, 0.2) is 60.9 Å². The van der Waals surface area contributed by atoms with Crippen molar-refractivity contribution in [2.45, 2.75) is 38.9 Å². The van der Waals surface area contributed by atoms with Crippen molar-refractivity contribution in [3.05, 3.63) is 89.3 Å². The van der Waals surface area contributed by atoms with Crippen molar-refractivity contribution in [1.82, 2.24) is 14.5 Å². The second kappa shape index (κ2) is 7.35. The molecule has 0 saturated heterocycles. The highest BCUT2D eigenvalue weighted by Gasteiger charge is 2.34. The van der Waals surface area contributed by atoms with Crippen LogP contribution in [0, 0.1) is 12.7 Å². The monoisotopic (exact) mass is 363 g/mol. The fraction of sp³-hybridized carbons (Fsp3) is 0.273. The molecule has 138 valence electrons. The number of aromatic nitrogens is 2. The van der Waals surface area contributed by atoms with E-state index in [1.165, 1.54) is 23.3 Å². The van der Waals surface area contributed by atoms with Crippen molar-refractivity contribution in [3.63, 3.8) is 0 Å². The Hall–Kier alpha value is -2.95. The van der Waals surface area contributed by atoms with Gasteiger partial charge in [0.25, 0.3) is 5.91 Å². The molecule has 5 heteroatoms. The lowest BCUT2D eigenvalue weighted by molar-refractivity contribution is 0.0723. The number of hydrogen-bond acceptors (Lipinski definition) is 2. The van der Waals surface area contributed by atoms with Crippen molar-refractivity contribution >= 4 is 5.91 Å². The number of carbonyl (C=O) groups is 1. The van der Waals surface area contributed by atoms with Crippen LogP contribution in [0.25, 0.3) is 0 Å². The molecular weight excluding hydrogens is 341 g/mol. The Bertz CT molecular complexity index is 944. The second-order valence-electron chi connectivity index (χ2n) is 7.07. The molecule has 0 N–H and O–H groups in total. The maximum atomic E-state index is 13.2. The molecule has 1 aromatic heterocycles. The number of halogens is 1. The predicted octanol–water partition coefficient (Wildman–Crippen LogP) is 4.18. The average molecular weight is 363 g/mol. The van der Waals surface area contributed by atoms with Gasteiger partial charge in [-0.1, -0.05) is 24.3 Å². The van der Waals surface area contributed by atoms with Gasteiger partial charge in [0, 0.05) is 30.5 Å². The Morgan fingerprint density at radius 1 is 1.19 bits per heavy atom. The number of hydrogen-bond donors (Lipinski definition) is 0. The van der Waals surface area contributed by atoms with Gasteiger partial charge < -0.3 is 9.47 Å². The fourth-order valence-electron chi connectivity index (χ4n) is 3.27. The minimum atomic E-state index is -0.335. The Morgan fingerprint density at radius 2 is 1.93 bits per heavy atom. The summed E-state index contributed by atoms with van der Waals surface area (Å²) in [5.41, 5.74) is 2.98. The van der Waals surface area contributed by atoms with E-state index in [0.29, 0.717) is 12.1 Å². The molecule has 0 radical (unpaired) electrons. The first-order chi connectivity index (χ1) is 13.1. The standard InChI is InChI=1S/C22H22FN3O/c1-16-4-2-3-5-18(16)14-25-13-12-24-21(25)15-26(20-10-11-20)22(27)17-6-8-19(23)9-7-17/h2-9,12-13,20H,10-11,14-15H2,1H3. The molecule has 3 aromatic rings. The third-order valence-electron chi connectivity index (χ3n) is 5.06. The molecule has 1 heterocycles. The molecule has 4 rings (SSSR count). The quantitative estimate of drug-likeness (QED) is 0.659. The van der Waals surface area contributed by atoms with Crippen LogP contribution >= 0.6 is 0 Å². The molecule has 0 aliphatic heterocycles. The van der Waals surface area contributed by atoms with Crippen molar-refractivity contribution in [1.29, 1.82) is 0 Å². The number of imidazole rings is 1. The predicted molar refractivity (Wildman–Crippen MR) is 102 cm³/mol. The summed E-state index contributed by atoms with van der Waals surface area (Å²) in [6.07, 6.45) is 5.74. The van der Waals surface area contributed by atoms with E-state index in [0.717, 1.165) is 25.2 Å². The summed E-state index contributed by atoms with van der Waals surface area (Å²) < 4.78 is 15.3. The SMILES string of the molecule is Cc1ccccc1Cn1ccnc1CN(C(=O)c1ccc(F)cc1)C1CC1. The minimum Gasteiger partial charge on any atom is -0.329 e. The Morgan fingerprint density at radius 3 is 2.63 bits per heavy atom. The van der Waals surface area contributed by atoms with E-state index >= 15 is 0 Å². The molecule has 1 amide bonds. The molecule has 1 fully saturated rings. The maximum Gasteiger partial charge on any atom is 0.254 e. The average Bonchev–Trinajstić information content (AvgIpc) is 3.42. The molecular formula is C22H22FN3O. The Labute approximate surface area is 158 Å². The van der Waals surface area contributed by atoms with Crippen molar-refractivity contribution in [2.75, 3.05) is 0 Å². The smallest absolute Gasteiger partial charge is 0.254 e. The van der Waals surface area contributed by atoms with E-state index in [1.54, 1.807) is 18.3 Å². The van der Waals surface area contributed by atoms with Crippen LogP contribution < -0.4 is 0 Å². The van der Waals surface area contributed by atoms with E-state index in [-0.39, 0.29) is 17.8 Å². The Balaban J connectivity index is 1.55. The minimum absolute atomic E-state index is 0.0667. The van der Waals surface area contributed by atoms with Crippen LogP contribution in [-0.4, -0.2) is 26.4 Å². The first-order valence-electron chi connectivity index (χ1n) is 9.23. The zero-order valence-electron chi connectivity index (χ0n) is 15.3. The lowest BCUT2D eigenvalue weighted by atomic mass is 10.1. The molecule has 4 nitrogen and oxygen atoms in total. The number of nitrogens with zero attached hydrogens (tertiary/aromatic N) is 3. The van der Waals surface area contributed by atoms with Gasteiger partial charge in [0.2, 0.25) is 0 Å². The summed E-state index contributed by atoms with van der Waals surface area (Å²) in [6, 6.07) is 14.3. The lowest BCUT2D eigenvalue weighted by Gasteiger charge is -2.23. The molecule has 1 aliphatic carbocycles. The maximum absolute atomic E-state index is 13.2. The van der Waals surface area contributed by atoms with E-state index in [4.69, 9.17) is 0 Å². The van der Waals surface area contributed by atoms with E-state index in [9.17, 15) is 9.18 Å². The van der Waals surface area contributed by atoms with Gasteiger partial charge in [0.15, 0.2) is 0 Å². The fourth-order valence-corrected chi connectivity index (χ4v) is 3.27. The summed E-state index contributed by atoms with van der Waals surface area (Å²) in [4.78, 5) is 19.3. The highest BCUT2D eigenvalue weighted by atomic mass is 19.1. The molecule has 0 bridgehead atoms. The number of carbonyl (C=O) groups excluding carboxylic acids is 1. The molecule has 2 aromatic carbocycles. The third kappa shape index (κ3) is 3.92. The van der Waals surface area contributed by atoms with Gasteiger partial charge in [-0.3, -0.25) is 4.79 Å². The van der Waals surface area contributed by atoms with Gasteiger partial charge in [-0.15, -0.1) is 0 Å². The molecule has 0 atom stereocenters. The van der Waals surface area contributed by atoms with Gasteiger partial charge in [0.05, 0.1) is 6.54 Å². The van der Waals surface area contributed by atoms with Gasteiger partial charge in [-0.2, -0.15) is 0 Å². The van der Waals surface area contributed by atoms with Crippen molar-refractivity contribution in [2.24, 2.45) is 0 Å². The van der Waals surface area contributed by atoms with E-state index < -0.39 is 0 Å². The molecule has 27 heavy (non-hydrogen) atoms. The lowest BCUT2D eigenvalue weighted by Crippen LogP contribution is -2.33. The molecule has 1 aliphatic rings. The summed E-state index contributed by atoms with van der Waals surface area (Å²) >= 11 is 0. The summed E-state index contributed by atoms with van der Waals surface area (Å²) in [7, 11) is 0. The van der Waals surface area contributed by atoms with Crippen LogP contribution in [0.1, 0.15) is 40.2 Å². The largest absolute Gasteiger partial charge is 0.329 e. The Kier molecular flexibility index (Phi) is 4.75. The van der Waals surface area contributed by atoms with Crippen LogP contribution in [0.2, 0.25) is 0 Å². The topological polar surface area (TPSA) is 38.1 Å². The van der Waals surface area contributed by atoms with Crippen LogP contribution in [0.5, 0.6) is 0 Å². The number of amides is 1. The zero-order chi connectivity index (χ0) is 18.8. The van der Waals surface area contributed by atoms with Gasteiger partial charge in [-0.25, -0.2) is 9.37 Å². The summed E-state index contributed by atoms with van der Waals surface area (Å²) in [5, 5.41) is 0. The van der Waals surface area contributed by atoms with Gasteiger partial charge >= 0.3 is 0 Å². The summed E-state index contributed by atoms with van der Waals surface area (Å²) in [6.45, 7) is 3.28. The molecule has 0 unspecified atom stereocenters. The number of aryl methyl sites for hydroxylation is 1. The normalized spacial score (nSPS) is 13.6. The van der Waals surface area contributed by atoms with Crippen LogP contribution in [-0.2, 0) is 13.1 Å². The van der Waals surface area contributed by atoms with E-state index in [2.05, 4.69) is 28.6 Å². The third-order valence-corrected chi connectivity index (χ3v) is 5.06. The van der Waals surface area contributed by atoms with Crippen molar-refractivity contribution < 1.29 is 9.18 Å². The number of rotatable bonds is 6. The first-order valence-corrected chi connectivity index (χ1v) is 9.23. The first kappa shape index (κ1) is 17.5. The number of benzene rings is 2. The highest BCUT2D eigenvalue weighted by Crippen LogP contribution is 2.30. The highest BCUT2D eigenvalue weighted by molar-refractivity contribution is 5.94. The van der Waals surface area contributed by atoms with E-state index in [1.807, 2.05) is 23.2 Å².